The molecule has 0 aliphatic carbocycles. The lowest BCUT2D eigenvalue weighted by molar-refractivity contribution is -0.143. The third kappa shape index (κ3) is 10.4. The number of fused-ring (bicyclic) bond motifs is 2. The van der Waals surface area contributed by atoms with Crippen LogP contribution in [0.15, 0.2) is 71.2 Å². The van der Waals surface area contributed by atoms with Crippen LogP contribution < -0.4 is 10.6 Å². The van der Waals surface area contributed by atoms with Crippen LogP contribution in [0.25, 0.3) is 34.1 Å². The summed E-state index contributed by atoms with van der Waals surface area (Å²) in [5.74, 6) is 0.509. The second-order valence-electron chi connectivity index (χ2n) is 13.3. The average molecular weight is 981 g/mol. The summed E-state index contributed by atoms with van der Waals surface area (Å²) < 4.78 is 180. The van der Waals surface area contributed by atoms with Crippen LogP contribution in [-0.2, 0) is 47.6 Å². The van der Waals surface area contributed by atoms with Crippen LogP contribution in [0.4, 0.5) is 64.3 Å². The van der Waals surface area contributed by atoms with Crippen molar-refractivity contribution in [3.63, 3.8) is 0 Å². The van der Waals surface area contributed by atoms with E-state index in [0.29, 0.717) is 32.6 Å². The predicted molar refractivity (Wildman–Crippen MR) is 205 cm³/mol. The van der Waals surface area contributed by atoms with E-state index < -0.39 is 62.2 Å². The normalized spacial score (nSPS) is 12.7. The van der Waals surface area contributed by atoms with Crippen LogP contribution in [0.1, 0.15) is 34.2 Å². The fourth-order valence-corrected chi connectivity index (χ4v) is 6.41. The maximum absolute atomic E-state index is 13.2. The fourth-order valence-electron chi connectivity index (χ4n) is 5.57. The first kappa shape index (κ1) is 46.9. The molecule has 6 heterocycles. The van der Waals surface area contributed by atoms with Crippen LogP contribution in [0.3, 0.4) is 0 Å². The summed E-state index contributed by atoms with van der Waals surface area (Å²) in [6, 6.07) is 8.48. The van der Waals surface area contributed by atoms with Gasteiger partial charge in [-0.05, 0) is 30.5 Å². The zero-order chi connectivity index (χ0) is 48.0. The number of anilines is 2. The Labute approximate surface area is 363 Å². The van der Waals surface area contributed by atoms with Gasteiger partial charge in [0.25, 0.3) is 5.16 Å². The van der Waals surface area contributed by atoms with E-state index in [-0.39, 0.29) is 64.5 Å². The minimum atomic E-state index is -4.86. The van der Waals surface area contributed by atoms with Crippen molar-refractivity contribution in [2.24, 2.45) is 0 Å². The zero-order valence-corrected chi connectivity index (χ0v) is 34.4. The molecule has 32 heteroatoms. The van der Waals surface area contributed by atoms with Crippen molar-refractivity contribution < 1.29 is 61.1 Å². The average Bonchev–Trinajstić information content (AvgIpc) is 4.07. The molecule has 0 spiro atoms. The Morgan fingerprint density at radius 1 is 0.591 bits per heavy atom. The van der Waals surface area contributed by atoms with Gasteiger partial charge in [-0.1, -0.05) is 36.0 Å². The first-order valence-electron chi connectivity index (χ1n) is 17.9. The lowest BCUT2D eigenvalue weighted by atomic mass is 10.1. The lowest BCUT2D eigenvalue weighted by Gasteiger charge is -2.09. The molecule has 0 aliphatic rings. The first-order chi connectivity index (χ1) is 30.8. The minimum Gasteiger partial charge on any atom is -0.360 e. The quantitative estimate of drug-likeness (QED) is 0.0782. The molecular formula is C34H24F12N16O2S2. The van der Waals surface area contributed by atoms with Crippen molar-refractivity contribution in [3.05, 3.63) is 95.1 Å². The largest absolute Gasteiger partial charge is 0.435 e. The number of aromatic amines is 2. The number of imidazole rings is 2. The fraction of sp³-hybridized carbons (Fsp3) is 0.235. The Morgan fingerprint density at radius 2 is 1.00 bits per heavy atom. The summed E-state index contributed by atoms with van der Waals surface area (Å²) in [5, 5.41) is 27.4. The number of alkyl halides is 12. The number of aromatic nitrogens is 14. The number of benzene rings is 2. The number of H-pyrrole nitrogens is 2. The van der Waals surface area contributed by atoms with Crippen LogP contribution in [0.5, 0.6) is 0 Å². The zero-order valence-electron chi connectivity index (χ0n) is 32.7. The Kier molecular flexibility index (Phi) is 12.3. The molecule has 0 fully saturated rings. The number of nitrogens with one attached hydrogen (secondary N) is 4. The molecule has 0 amide bonds. The van der Waals surface area contributed by atoms with Gasteiger partial charge in [-0.2, -0.15) is 62.7 Å². The molecule has 0 atom stereocenters. The number of sulfone groups is 1. The predicted octanol–water partition coefficient (Wildman–Crippen LogP) is 7.24. The highest BCUT2D eigenvalue weighted by atomic mass is 32.2. The van der Waals surface area contributed by atoms with Gasteiger partial charge in [0.05, 0.1) is 36.6 Å². The van der Waals surface area contributed by atoms with E-state index in [4.69, 9.17) is 0 Å². The smallest absolute Gasteiger partial charge is 0.360 e. The third-order valence-corrected chi connectivity index (χ3v) is 10.0. The van der Waals surface area contributed by atoms with Gasteiger partial charge in [-0.15, -0.1) is 30.6 Å². The monoisotopic (exact) mass is 980 g/mol. The summed E-state index contributed by atoms with van der Waals surface area (Å²) in [6.45, 7) is -0.222. The molecule has 8 aromatic rings. The molecule has 6 aromatic heterocycles. The molecule has 4 N–H and O–H groups in total. The Balaban J connectivity index is 0.000000197. The highest BCUT2D eigenvalue weighted by Crippen LogP contribution is 2.34. The molecule has 0 radical (unpaired) electrons. The first-order valence-corrected chi connectivity index (χ1v) is 21.0. The molecule has 0 unspecified atom stereocenters. The number of halogens is 12. The molecule has 66 heavy (non-hydrogen) atoms. The van der Waals surface area contributed by atoms with Gasteiger partial charge in [0.2, 0.25) is 15.0 Å². The highest BCUT2D eigenvalue weighted by molar-refractivity contribution is 7.98. The topological polar surface area (TPSA) is 228 Å². The SMILES string of the molecule is CS(=O)(=O)c1nc(NCc2nnc(-c3ccc(C(F)(F)F)cc3)[nH]2)c2ncc(C(F)(F)F)n2n1.CSc1nc(NCc2nnc(-c3ccc(C(F)(F)F)cc3)[nH]2)c2ncc(C(F)(F)F)n2n1. The van der Waals surface area contributed by atoms with E-state index in [2.05, 4.69) is 71.1 Å². The molecule has 348 valence electrons. The van der Waals surface area contributed by atoms with Gasteiger partial charge in [0.15, 0.2) is 46.0 Å². The Bertz CT molecular complexity index is 3120. The third-order valence-electron chi connectivity index (χ3n) is 8.67. The standard InChI is InChI=1S/C17H12F6N8O2S.C17H12F6N8S/c1-34(32,33)15-27-13(14-25-6-10(17(21,22)23)31(14)30-15)24-7-11-26-12(29-28-11)8-2-4-9(5-3-8)16(18,19)20;1-32-15-27-13(14-25-6-10(17(21,22)23)31(14)30-15)24-7-11-26-12(29-28-11)8-2-4-9(5-3-8)16(18,19)20/h2-6H,7H2,1H3,(H,24,27,30)(H,26,28,29);2-6H,7H2,1H3,(H,24,27,30)(H,26,28,29). The van der Waals surface area contributed by atoms with Crippen LogP contribution in [0.2, 0.25) is 0 Å². The second kappa shape index (κ2) is 17.4. The minimum absolute atomic E-state index is 0.0116. The van der Waals surface area contributed by atoms with Crippen molar-refractivity contribution in [3.8, 4) is 22.8 Å². The molecular weight excluding hydrogens is 957 g/mol. The summed E-state index contributed by atoms with van der Waals surface area (Å²) in [4.78, 5) is 20.9. The van der Waals surface area contributed by atoms with Gasteiger partial charge in [0.1, 0.15) is 11.6 Å². The van der Waals surface area contributed by atoms with E-state index in [9.17, 15) is 61.1 Å². The second-order valence-corrected chi connectivity index (χ2v) is 16.0. The summed E-state index contributed by atoms with van der Waals surface area (Å²) >= 11 is 1.05. The van der Waals surface area contributed by atoms with Crippen LogP contribution in [-0.4, -0.2) is 90.5 Å². The Hall–Kier alpha value is -7.12. The molecule has 0 bridgehead atoms. The van der Waals surface area contributed by atoms with Crippen molar-refractivity contribution in [2.45, 2.75) is 48.1 Å². The van der Waals surface area contributed by atoms with Crippen molar-refractivity contribution in [1.29, 1.82) is 0 Å². The van der Waals surface area contributed by atoms with Crippen LogP contribution in [0, 0.1) is 0 Å². The van der Waals surface area contributed by atoms with Gasteiger partial charge < -0.3 is 20.6 Å². The van der Waals surface area contributed by atoms with E-state index in [1.165, 1.54) is 24.3 Å². The van der Waals surface area contributed by atoms with Crippen molar-refractivity contribution in [1.82, 2.24) is 69.5 Å². The van der Waals surface area contributed by atoms with Gasteiger partial charge in [-0.3, -0.25) is 0 Å². The number of thioether (sulfide) groups is 1. The molecule has 2 aromatic carbocycles. The maximum atomic E-state index is 13.2. The van der Waals surface area contributed by atoms with Crippen molar-refractivity contribution in [2.75, 3.05) is 23.1 Å². The van der Waals surface area contributed by atoms with E-state index in [1.807, 2.05) is 0 Å². The lowest BCUT2D eigenvalue weighted by Crippen LogP contribution is -2.16. The molecule has 18 nitrogen and oxygen atoms in total. The van der Waals surface area contributed by atoms with Crippen LogP contribution >= 0.6 is 11.8 Å². The van der Waals surface area contributed by atoms with E-state index in [0.717, 1.165) is 42.3 Å². The molecule has 8 rings (SSSR count). The van der Waals surface area contributed by atoms with E-state index >= 15 is 0 Å². The summed E-state index contributed by atoms with van der Waals surface area (Å²) in [7, 11) is -4.08. The van der Waals surface area contributed by atoms with Crippen molar-refractivity contribution >= 4 is 44.5 Å². The van der Waals surface area contributed by atoms with Gasteiger partial charge in [0, 0.05) is 17.4 Å². The molecule has 0 saturated carbocycles. The van der Waals surface area contributed by atoms with Gasteiger partial charge in [-0.25, -0.2) is 27.4 Å². The Morgan fingerprint density at radius 3 is 1.38 bits per heavy atom. The number of hydrogen-bond donors (Lipinski definition) is 4. The number of nitrogens with zero attached hydrogens (tertiary/aromatic N) is 12. The highest BCUT2D eigenvalue weighted by Gasteiger charge is 2.38. The molecule has 0 aliphatic heterocycles. The van der Waals surface area contributed by atoms with Gasteiger partial charge >= 0.3 is 24.7 Å². The summed E-state index contributed by atoms with van der Waals surface area (Å²) in [5.41, 5.74) is -3.81. The maximum Gasteiger partial charge on any atom is 0.435 e. The summed E-state index contributed by atoms with van der Waals surface area (Å²) in [6.07, 6.45) is -15.0. The number of rotatable bonds is 10. The van der Waals surface area contributed by atoms with E-state index in [1.54, 1.807) is 6.26 Å². The molecule has 0 saturated heterocycles. The number of hydrogen-bond acceptors (Lipinski definition) is 15.